The lowest BCUT2D eigenvalue weighted by atomic mass is 10.1. The van der Waals surface area contributed by atoms with Crippen LogP contribution in [-0.2, 0) is 14.8 Å². The maximum absolute atomic E-state index is 12.7. The second-order valence-corrected chi connectivity index (χ2v) is 8.18. The zero-order valence-electron chi connectivity index (χ0n) is 14.5. The van der Waals surface area contributed by atoms with Gasteiger partial charge in [-0.05, 0) is 17.5 Å². The van der Waals surface area contributed by atoms with Crippen LogP contribution in [0.5, 0.6) is 0 Å². The minimum atomic E-state index is -3.64. The van der Waals surface area contributed by atoms with Crippen molar-refractivity contribution in [2.24, 2.45) is 0 Å². The van der Waals surface area contributed by atoms with Gasteiger partial charge in [-0.2, -0.15) is 4.31 Å². The summed E-state index contributed by atoms with van der Waals surface area (Å²) in [7, 11) is -3.64. The number of H-pyrrole nitrogens is 1. The van der Waals surface area contributed by atoms with Crippen LogP contribution in [-0.4, -0.2) is 49.9 Å². The van der Waals surface area contributed by atoms with E-state index in [1.807, 2.05) is 42.5 Å². The van der Waals surface area contributed by atoms with Crippen LogP contribution in [0.1, 0.15) is 10.5 Å². The maximum Gasteiger partial charge on any atom is 0.272 e. The third-order valence-electron chi connectivity index (χ3n) is 4.55. The molecule has 2 aromatic carbocycles. The number of aromatic amines is 1. The van der Waals surface area contributed by atoms with Gasteiger partial charge in [0.25, 0.3) is 5.91 Å². The van der Waals surface area contributed by atoms with Crippen LogP contribution in [0.25, 0.3) is 10.8 Å². The van der Waals surface area contributed by atoms with Crippen molar-refractivity contribution in [3.63, 3.8) is 0 Å². The molecule has 0 aliphatic carbocycles. The van der Waals surface area contributed by atoms with E-state index in [0.29, 0.717) is 32.0 Å². The highest BCUT2D eigenvalue weighted by atomic mass is 32.2. The summed E-state index contributed by atoms with van der Waals surface area (Å²) in [5, 5.41) is 4.78. The smallest absolute Gasteiger partial charge is 0.272 e. The molecule has 1 amide bonds. The Hall–Kier alpha value is -2.68. The molecule has 1 saturated heterocycles. The summed E-state index contributed by atoms with van der Waals surface area (Å²) in [5.74, 6) is -0.394. The van der Waals surface area contributed by atoms with E-state index in [2.05, 4.69) is 10.3 Å². The molecule has 8 heteroatoms. The third kappa shape index (κ3) is 3.46. The van der Waals surface area contributed by atoms with Crippen LogP contribution in [0.2, 0.25) is 0 Å². The number of aromatic nitrogens is 1. The molecule has 0 atom stereocenters. The van der Waals surface area contributed by atoms with Gasteiger partial charge in [-0.25, -0.2) is 8.42 Å². The molecule has 1 aliphatic heterocycles. The molecular weight excluding hydrogens is 366 g/mol. The molecule has 1 fully saturated rings. The summed E-state index contributed by atoms with van der Waals surface area (Å²) in [4.78, 5) is 15.4. The van der Waals surface area contributed by atoms with E-state index in [9.17, 15) is 13.2 Å². The Morgan fingerprint density at radius 1 is 1.07 bits per heavy atom. The predicted octanol–water partition coefficient (Wildman–Crippen LogP) is 2.44. The average molecular weight is 385 g/mol. The van der Waals surface area contributed by atoms with Crippen LogP contribution in [0.3, 0.4) is 0 Å². The zero-order chi connectivity index (χ0) is 18.9. The largest absolute Gasteiger partial charge is 0.379 e. The number of benzene rings is 2. The van der Waals surface area contributed by atoms with Gasteiger partial charge in [-0.15, -0.1) is 0 Å². The second-order valence-electron chi connectivity index (χ2n) is 6.25. The number of carbonyl (C=O) groups excluding carboxylic acids is 1. The number of carbonyl (C=O) groups is 1. The number of nitrogens with zero attached hydrogens (tertiary/aromatic N) is 1. The molecule has 140 valence electrons. The first kappa shape index (κ1) is 17.7. The van der Waals surface area contributed by atoms with Crippen LogP contribution in [0.15, 0.2) is 59.6 Å². The number of morpholine rings is 1. The molecular formula is C19H19N3O4S. The number of anilines is 1. The fourth-order valence-electron chi connectivity index (χ4n) is 3.11. The average Bonchev–Trinajstić information content (AvgIpc) is 3.20. The Bertz CT molecular complexity index is 1080. The highest BCUT2D eigenvalue weighted by Gasteiger charge is 2.28. The van der Waals surface area contributed by atoms with Crippen LogP contribution in [0, 0.1) is 0 Å². The minimum Gasteiger partial charge on any atom is -0.379 e. The lowest BCUT2D eigenvalue weighted by molar-refractivity contribution is 0.0730. The molecule has 1 aliphatic rings. The van der Waals surface area contributed by atoms with Crippen molar-refractivity contribution in [3.05, 3.63) is 60.4 Å². The number of hydrogen-bond acceptors (Lipinski definition) is 4. The van der Waals surface area contributed by atoms with Gasteiger partial charge < -0.3 is 15.0 Å². The number of rotatable bonds is 4. The molecule has 0 saturated carbocycles. The van der Waals surface area contributed by atoms with Crippen molar-refractivity contribution in [3.8, 4) is 0 Å². The van der Waals surface area contributed by atoms with Gasteiger partial charge in [0, 0.05) is 30.4 Å². The lowest BCUT2D eigenvalue weighted by Gasteiger charge is -2.25. The van der Waals surface area contributed by atoms with Gasteiger partial charge in [0.15, 0.2) is 0 Å². The van der Waals surface area contributed by atoms with E-state index < -0.39 is 15.9 Å². The SMILES string of the molecule is O=C(Nc1cccc2ccccc12)c1cc(S(=O)(=O)N2CCOCC2)c[nH]1. The monoisotopic (exact) mass is 385 g/mol. The number of sulfonamides is 1. The standard InChI is InChI=1S/C19H19N3O4S/c23-19(21-17-7-3-5-14-4-1-2-6-16(14)17)18-12-15(13-20-18)27(24,25)22-8-10-26-11-9-22/h1-7,12-13,20H,8-11H2,(H,21,23). The summed E-state index contributed by atoms with van der Waals surface area (Å²) < 4.78 is 31.9. The molecule has 1 aromatic heterocycles. The molecule has 0 bridgehead atoms. The quantitative estimate of drug-likeness (QED) is 0.722. The Morgan fingerprint density at radius 2 is 1.81 bits per heavy atom. The highest BCUT2D eigenvalue weighted by molar-refractivity contribution is 7.89. The first-order valence-corrected chi connectivity index (χ1v) is 10.1. The van der Waals surface area contributed by atoms with E-state index in [0.717, 1.165) is 10.8 Å². The van der Waals surface area contributed by atoms with Crippen molar-refractivity contribution >= 4 is 32.4 Å². The first-order chi connectivity index (χ1) is 13.1. The molecule has 7 nitrogen and oxygen atoms in total. The van der Waals surface area contributed by atoms with Crippen molar-refractivity contribution in [2.75, 3.05) is 31.6 Å². The molecule has 0 radical (unpaired) electrons. The maximum atomic E-state index is 12.7. The van der Waals surface area contributed by atoms with Gasteiger partial charge in [0.05, 0.1) is 13.2 Å². The van der Waals surface area contributed by atoms with Gasteiger partial charge >= 0.3 is 0 Å². The van der Waals surface area contributed by atoms with Gasteiger partial charge in [-0.1, -0.05) is 36.4 Å². The normalized spacial score (nSPS) is 15.7. The Morgan fingerprint density at radius 3 is 2.63 bits per heavy atom. The number of amides is 1. The Labute approximate surface area is 157 Å². The van der Waals surface area contributed by atoms with E-state index in [1.54, 1.807) is 0 Å². The number of fused-ring (bicyclic) bond motifs is 1. The zero-order valence-corrected chi connectivity index (χ0v) is 15.3. The fraction of sp³-hybridized carbons (Fsp3) is 0.211. The lowest BCUT2D eigenvalue weighted by Crippen LogP contribution is -2.40. The van der Waals surface area contributed by atoms with Crippen LogP contribution in [0.4, 0.5) is 5.69 Å². The molecule has 0 spiro atoms. The first-order valence-electron chi connectivity index (χ1n) is 8.61. The van der Waals surface area contributed by atoms with E-state index in [1.165, 1.54) is 16.6 Å². The fourth-order valence-corrected chi connectivity index (χ4v) is 4.52. The molecule has 3 aromatic rings. The van der Waals surface area contributed by atoms with Crippen molar-refractivity contribution in [2.45, 2.75) is 4.90 Å². The van der Waals surface area contributed by atoms with E-state index in [-0.39, 0.29) is 10.6 Å². The number of hydrogen-bond donors (Lipinski definition) is 2. The van der Waals surface area contributed by atoms with Crippen molar-refractivity contribution in [1.82, 2.24) is 9.29 Å². The topological polar surface area (TPSA) is 91.5 Å². The molecule has 2 N–H and O–H groups in total. The number of nitrogens with one attached hydrogen (secondary N) is 2. The van der Waals surface area contributed by atoms with Crippen LogP contribution < -0.4 is 5.32 Å². The summed E-state index contributed by atoms with van der Waals surface area (Å²) in [6.07, 6.45) is 1.35. The third-order valence-corrected chi connectivity index (χ3v) is 6.42. The Balaban J connectivity index is 1.57. The highest BCUT2D eigenvalue weighted by Crippen LogP contribution is 2.24. The van der Waals surface area contributed by atoms with Gasteiger partial charge in [0.1, 0.15) is 10.6 Å². The van der Waals surface area contributed by atoms with Gasteiger partial charge in [-0.3, -0.25) is 4.79 Å². The molecule has 2 heterocycles. The summed E-state index contributed by atoms with van der Waals surface area (Å²) in [6, 6.07) is 14.7. The molecule has 27 heavy (non-hydrogen) atoms. The summed E-state index contributed by atoms with van der Waals surface area (Å²) in [6.45, 7) is 1.37. The summed E-state index contributed by atoms with van der Waals surface area (Å²) in [5.41, 5.74) is 0.861. The van der Waals surface area contributed by atoms with Crippen LogP contribution >= 0.6 is 0 Å². The number of ether oxygens (including phenoxy) is 1. The second kappa shape index (κ2) is 7.15. The Kier molecular flexibility index (Phi) is 4.69. The van der Waals surface area contributed by atoms with E-state index in [4.69, 9.17) is 4.74 Å². The summed E-state index contributed by atoms with van der Waals surface area (Å²) >= 11 is 0. The minimum absolute atomic E-state index is 0.0764. The van der Waals surface area contributed by atoms with Crippen molar-refractivity contribution in [1.29, 1.82) is 0 Å². The predicted molar refractivity (Wildman–Crippen MR) is 102 cm³/mol. The van der Waals surface area contributed by atoms with Crippen molar-refractivity contribution < 1.29 is 17.9 Å². The molecule has 0 unspecified atom stereocenters. The van der Waals surface area contributed by atoms with E-state index >= 15 is 0 Å². The van der Waals surface area contributed by atoms with Gasteiger partial charge in [0.2, 0.25) is 10.0 Å². The molecule has 4 rings (SSSR count).